The number of benzene rings is 2. The van der Waals surface area contributed by atoms with Gasteiger partial charge in [0.2, 0.25) is 0 Å². The van der Waals surface area contributed by atoms with Crippen LogP contribution < -0.4 is 5.73 Å². The van der Waals surface area contributed by atoms with Gasteiger partial charge in [-0.2, -0.15) is 5.10 Å². The lowest BCUT2D eigenvalue weighted by molar-refractivity contribution is 1.13. The highest BCUT2D eigenvalue weighted by atomic mass is 15.1. The van der Waals surface area contributed by atoms with Crippen LogP contribution in [0.1, 0.15) is 5.56 Å². The molecule has 3 heterocycles. The van der Waals surface area contributed by atoms with Gasteiger partial charge in [-0.05, 0) is 41.8 Å². The fraction of sp³-hybridized carbons (Fsp3) is 0.0526. The molecule has 5 aromatic rings. The number of anilines is 1. The van der Waals surface area contributed by atoms with Crippen LogP contribution in [0.3, 0.4) is 0 Å². The molecule has 0 saturated heterocycles. The molecule has 5 rings (SSSR count). The number of nitrogens with one attached hydrogen (secondary N) is 2. The number of hydrogen-bond acceptors (Lipinski definition) is 3. The van der Waals surface area contributed by atoms with Gasteiger partial charge in [0.25, 0.3) is 0 Å². The summed E-state index contributed by atoms with van der Waals surface area (Å²) in [6, 6.07) is 14.6. The van der Waals surface area contributed by atoms with Crippen LogP contribution in [0.15, 0.2) is 48.7 Å². The van der Waals surface area contributed by atoms with Crippen LogP contribution in [0.5, 0.6) is 0 Å². The van der Waals surface area contributed by atoms with Crippen molar-refractivity contribution in [2.75, 3.05) is 5.73 Å². The number of aryl methyl sites for hydroxylation is 1. The molecule has 0 amide bonds. The highest BCUT2D eigenvalue weighted by Gasteiger charge is 2.13. The SMILES string of the molecule is Cc1cccc2c1[nH]c1nccc(-c3ccc4[nH]nc(N)c4c3)c12. The van der Waals surface area contributed by atoms with Crippen LogP contribution in [0.25, 0.3) is 44.0 Å². The highest BCUT2D eigenvalue weighted by Crippen LogP contribution is 2.35. The van der Waals surface area contributed by atoms with Crippen molar-refractivity contribution in [2.24, 2.45) is 0 Å². The van der Waals surface area contributed by atoms with E-state index in [1.807, 2.05) is 12.3 Å². The molecule has 5 nitrogen and oxygen atoms in total. The Kier molecular flexibility index (Phi) is 2.51. The van der Waals surface area contributed by atoms with Gasteiger partial charge in [-0.25, -0.2) is 4.98 Å². The summed E-state index contributed by atoms with van der Waals surface area (Å²) >= 11 is 0. The van der Waals surface area contributed by atoms with Gasteiger partial charge >= 0.3 is 0 Å². The number of para-hydroxylation sites is 1. The predicted octanol–water partition coefficient (Wildman–Crippen LogP) is 4.15. The highest BCUT2D eigenvalue weighted by molar-refractivity contribution is 6.14. The molecule has 0 unspecified atom stereocenters. The van der Waals surface area contributed by atoms with Gasteiger partial charge in [0, 0.05) is 22.4 Å². The first kappa shape index (κ1) is 13.1. The monoisotopic (exact) mass is 313 g/mol. The number of fused-ring (bicyclic) bond motifs is 4. The molecule has 3 aromatic heterocycles. The van der Waals surface area contributed by atoms with E-state index in [0.717, 1.165) is 38.6 Å². The minimum Gasteiger partial charge on any atom is -0.382 e. The molecule has 0 bridgehead atoms. The van der Waals surface area contributed by atoms with Crippen molar-refractivity contribution in [3.05, 3.63) is 54.2 Å². The van der Waals surface area contributed by atoms with E-state index in [1.54, 1.807) is 0 Å². The largest absolute Gasteiger partial charge is 0.382 e. The fourth-order valence-electron chi connectivity index (χ4n) is 3.43. The Morgan fingerprint density at radius 1 is 1.04 bits per heavy atom. The van der Waals surface area contributed by atoms with Crippen molar-refractivity contribution in [3.63, 3.8) is 0 Å². The third-order valence-corrected chi connectivity index (χ3v) is 4.64. The Morgan fingerprint density at radius 3 is 2.88 bits per heavy atom. The van der Waals surface area contributed by atoms with E-state index >= 15 is 0 Å². The van der Waals surface area contributed by atoms with Gasteiger partial charge in [0.15, 0.2) is 5.82 Å². The summed E-state index contributed by atoms with van der Waals surface area (Å²) in [4.78, 5) is 7.96. The molecule has 0 aliphatic rings. The molecule has 0 radical (unpaired) electrons. The van der Waals surface area contributed by atoms with Gasteiger partial charge < -0.3 is 10.7 Å². The summed E-state index contributed by atoms with van der Waals surface area (Å²) in [5.41, 5.74) is 12.4. The molecule has 2 aromatic carbocycles. The van der Waals surface area contributed by atoms with Gasteiger partial charge in [0.05, 0.1) is 11.0 Å². The van der Waals surface area contributed by atoms with Gasteiger partial charge in [-0.1, -0.05) is 24.3 Å². The Morgan fingerprint density at radius 2 is 1.96 bits per heavy atom. The summed E-state index contributed by atoms with van der Waals surface area (Å²) in [5.74, 6) is 0.520. The number of hydrogen-bond donors (Lipinski definition) is 3. The number of aromatic amines is 2. The molecule has 4 N–H and O–H groups in total. The minimum atomic E-state index is 0.520. The standard InChI is InChI=1S/C19H15N5/c1-10-3-2-4-13-16-12(7-8-21-19(16)22-17(10)13)11-5-6-15-14(9-11)18(20)24-23-15/h2-9H,1H3,(H,21,22)(H3,20,23,24). The zero-order chi connectivity index (χ0) is 16.3. The first-order chi connectivity index (χ1) is 11.7. The fourth-order valence-corrected chi connectivity index (χ4v) is 3.43. The topological polar surface area (TPSA) is 83.4 Å². The van der Waals surface area contributed by atoms with Crippen LogP contribution in [-0.4, -0.2) is 20.2 Å². The lowest BCUT2D eigenvalue weighted by Gasteiger charge is -2.05. The Balaban J connectivity index is 1.89. The van der Waals surface area contributed by atoms with Crippen LogP contribution in [0.2, 0.25) is 0 Å². The lowest BCUT2D eigenvalue weighted by Crippen LogP contribution is -1.85. The van der Waals surface area contributed by atoms with Crippen molar-refractivity contribution in [1.82, 2.24) is 20.2 Å². The van der Waals surface area contributed by atoms with E-state index < -0.39 is 0 Å². The van der Waals surface area contributed by atoms with E-state index in [0.29, 0.717) is 5.82 Å². The molecule has 0 spiro atoms. The molecular weight excluding hydrogens is 298 g/mol. The molecule has 0 fully saturated rings. The average Bonchev–Trinajstić information content (AvgIpc) is 3.16. The van der Waals surface area contributed by atoms with E-state index in [9.17, 15) is 0 Å². The van der Waals surface area contributed by atoms with Crippen LogP contribution >= 0.6 is 0 Å². The first-order valence-corrected chi connectivity index (χ1v) is 7.82. The van der Waals surface area contributed by atoms with Crippen molar-refractivity contribution in [2.45, 2.75) is 6.92 Å². The molecular formula is C19H15N5. The predicted molar refractivity (Wildman–Crippen MR) is 97.8 cm³/mol. The summed E-state index contributed by atoms with van der Waals surface area (Å²) in [6.45, 7) is 2.11. The number of rotatable bonds is 1. The zero-order valence-corrected chi connectivity index (χ0v) is 13.1. The Hall–Kier alpha value is -3.34. The van der Waals surface area contributed by atoms with Gasteiger partial charge in [0.1, 0.15) is 5.65 Å². The third kappa shape index (κ3) is 1.69. The molecule has 0 atom stereocenters. The van der Waals surface area contributed by atoms with E-state index in [4.69, 9.17) is 5.73 Å². The number of nitrogens with two attached hydrogens (primary N) is 1. The molecule has 24 heavy (non-hydrogen) atoms. The maximum atomic E-state index is 5.97. The number of H-pyrrole nitrogens is 2. The van der Waals surface area contributed by atoms with E-state index in [2.05, 4.69) is 63.5 Å². The van der Waals surface area contributed by atoms with E-state index in [1.165, 1.54) is 10.9 Å². The maximum absolute atomic E-state index is 5.97. The van der Waals surface area contributed by atoms with Crippen molar-refractivity contribution in [3.8, 4) is 11.1 Å². The van der Waals surface area contributed by atoms with Gasteiger partial charge in [-0.3, -0.25) is 5.10 Å². The maximum Gasteiger partial charge on any atom is 0.153 e. The second-order valence-electron chi connectivity index (χ2n) is 6.07. The smallest absolute Gasteiger partial charge is 0.153 e. The number of aromatic nitrogens is 4. The van der Waals surface area contributed by atoms with Gasteiger partial charge in [-0.15, -0.1) is 0 Å². The second-order valence-corrected chi connectivity index (χ2v) is 6.07. The van der Waals surface area contributed by atoms with Crippen molar-refractivity contribution < 1.29 is 0 Å². The summed E-state index contributed by atoms with van der Waals surface area (Å²) in [6.07, 6.45) is 1.84. The second kappa shape index (κ2) is 4.58. The Bertz CT molecular complexity index is 1230. The third-order valence-electron chi connectivity index (χ3n) is 4.64. The zero-order valence-electron chi connectivity index (χ0n) is 13.1. The summed E-state index contributed by atoms with van der Waals surface area (Å²) < 4.78 is 0. The van der Waals surface area contributed by atoms with Crippen molar-refractivity contribution >= 4 is 38.7 Å². The molecule has 0 aliphatic carbocycles. The molecule has 0 saturated carbocycles. The van der Waals surface area contributed by atoms with Crippen LogP contribution in [0.4, 0.5) is 5.82 Å². The number of pyridine rings is 1. The van der Waals surface area contributed by atoms with Crippen molar-refractivity contribution in [1.29, 1.82) is 0 Å². The quantitative estimate of drug-likeness (QED) is 0.434. The molecule has 0 aliphatic heterocycles. The summed E-state index contributed by atoms with van der Waals surface area (Å²) in [7, 11) is 0. The van der Waals surface area contributed by atoms with Crippen LogP contribution in [-0.2, 0) is 0 Å². The number of nitrogen functional groups attached to an aromatic ring is 1. The molecule has 116 valence electrons. The first-order valence-electron chi connectivity index (χ1n) is 7.82. The van der Waals surface area contributed by atoms with E-state index in [-0.39, 0.29) is 0 Å². The minimum absolute atomic E-state index is 0.520. The lowest BCUT2D eigenvalue weighted by atomic mass is 9.99. The summed E-state index contributed by atoms with van der Waals surface area (Å²) in [5, 5.41) is 10.3. The average molecular weight is 313 g/mol. The normalized spacial score (nSPS) is 11.7. The van der Waals surface area contributed by atoms with Crippen LogP contribution in [0, 0.1) is 6.92 Å². The Labute approximate surface area is 137 Å². The molecule has 5 heteroatoms. The number of nitrogens with zero attached hydrogens (tertiary/aromatic N) is 2.